The molecule has 0 saturated heterocycles. The number of nitrogens with two attached hydrogens (primary N) is 3. The maximum Gasteiger partial charge on any atom is 0.335 e. The van der Waals surface area contributed by atoms with Crippen LogP contribution < -0.4 is 22.5 Å². The number of nitrogens with one attached hydrogen (secondary N) is 1. The number of unbranched alkanes of at least 4 members (excludes halogenated alkanes) is 1. The van der Waals surface area contributed by atoms with Gasteiger partial charge in [0.05, 0.1) is 6.10 Å². The summed E-state index contributed by atoms with van der Waals surface area (Å²) in [6.45, 7) is 4.71. The molecule has 2 aromatic carbocycles. The maximum absolute atomic E-state index is 12.3. The molecule has 1 aromatic heterocycles. The van der Waals surface area contributed by atoms with Crippen molar-refractivity contribution in [3.05, 3.63) is 75.6 Å². The summed E-state index contributed by atoms with van der Waals surface area (Å²) in [7, 11) is 0. The number of aliphatic hydroxyl groups excluding tert-OH is 1. The van der Waals surface area contributed by atoms with Crippen LogP contribution in [0.25, 0.3) is 0 Å². The number of aliphatic hydroxyl groups is 1. The molecular weight excluding hydrogens is 630 g/mol. The minimum absolute atomic E-state index is 0.0306. The van der Waals surface area contributed by atoms with Crippen LogP contribution in [0.5, 0.6) is 5.75 Å². The number of benzene rings is 2. The first-order valence-corrected chi connectivity index (χ1v) is 16.2. The monoisotopic (exact) mass is 673 g/mol. The molecule has 12 nitrogen and oxygen atoms in total. The number of aliphatic imine (C=N–C) groups is 1. The lowest BCUT2D eigenvalue weighted by Crippen LogP contribution is -2.38. The Labute approximate surface area is 278 Å². The van der Waals surface area contributed by atoms with Crippen LogP contribution in [-0.2, 0) is 30.8 Å². The van der Waals surface area contributed by atoms with Gasteiger partial charge in [0.25, 0.3) is 5.91 Å². The number of aryl methyl sites for hydroxylation is 3. The van der Waals surface area contributed by atoms with Gasteiger partial charge in [0.1, 0.15) is 5.75 Å². The Morgan fingerprint density at radius 1 is 0.978 bits per heavy atom. The first-order chi connectivity index (χ1) is 22.0. The van der Waals surface area contributed by atoms with Crippen LogP contribution in [-0.4, -0.2) is 47.0 Å². The summed E-state index contributed by atoms with van der Waals surface area (Å²) in [5.41, 5.74) is 21.2. The Kier molecular flexibility index (Phi) is 16.7. The number of aromatic nitrogens is 2. The van der Waals surface area contributed by atoms with Gasteiger partial charge in [0.15, 0.2) is 28.4 Å². The summed E-state index contributed by atoms with van der Waals surface area (Å²) in [5.74, 6) is -0.0586. The van der Waals surface area contributed by atoms with Crippen LogP contribution in [0.3, 0.4) is 0 Å². The van der Waals surface area contributed by atoms with E-state index in [-0.39, 0.29) is 28.4 Å². The quantitative estimate of drug-likeness (QED) is 0.0756. The predicted octanol–water partition coefficient (Wildman–Crippen LogP) is 4.43. The van der Waals surface area contributed by atoms with Gasteiger partial charge in [-0.25, -0.2) is 9.97 Å². The van der Waals surface area contributed by atoms with E-state index in [1.54, 1.807) is 6.07 Å². The maximum atomic E-state index is 12.3. The molecule has 0 radical (unpaired) electrons. The van der Waals surface area contributed by atoms with Crippen molar-refractivity contribution < 1.29 is 23.4 Å². The Hall–Kier alpha value is -4.07. The first-order valence-electron chi connectivity index (χ1n) is 15.2. The number of amides is 1. The highest BCUT2D eigenvalue weighted by atomic mass is 35.5. The van der Waals surface area contributed by atoms with E-state index >= 15 is 0 Å². The Morgan fingerprint density at radius 3 is 2.24 bits per heavy atom. The van der Waals surface area contributed by atoms with E-state index in [4.69, 9.17) is 37.2 Å². The lowest BCUT2D eigenvalue weighted by Gasteiger charge is -2.16. The Balaban J connectivity index is 0.00000236. The van der Waals surface area contributed by atoms with E-state index in [1.165, 1.54) is 11.1 Å². The summed E-state index contributed by atoms with van der Waals surface area (Å²) < 4.78 is 16.6. The third-order valence-electron chi connectivity index (χ3n) is 7.50. The number of phenols is 1. The van der Waals surface area contributed by atoms with Crippen molar-refractivity contribution in [3.63, 3.8) is 0 Å². The fourth-order valence-electron chi connectivity index (χ4n) is 4.84. The van der Waals surface area contributed by atoms with Crippen molar-refractivity contribution in [1.29, 1.82) is 0 Å². The average Bonchev–Trinajstić information content (AvgIpc) is 3.02. The zero-order valence-electron chi connectivity index (χ0n) is 26.2. The van der Waals surface area contributed by atoms with Crippen LogP contribution in [0.2, 0.25) is 5.15 Å². The highest BCUT2D eigenvalue weighted by Crippen LogP contribution is 2.27. The highest BCUT2D eigenvalue weighted by Gasteiger charge is 2.17. The van der Waals surface area contributed by atoms with Gasteiger partial charge in [-0.1, -0.05) is 62.2 Å². The van der Waals surface area contributed by atoms with E-state index in [1.807, 2.05) is 19.1 Å². The minimum Gasteiger partial charge on any atom is -0.508 e. The summed E-state index contributed by atoms with van der Waals surface area (Å²) in [4.78, 5) is 24.1. The molecule has 2 atom stereocenters. The number of halogens is 1. The van der Waals surface area contributed by atoms with Gasteiger partial charge >= 0.3 is 11.6 Å². The molecule has 3 rings (SSSR count). The SMILES string of the molecule is CCc1cc([C@@H](O)CCC(C)CCCc2ccc(CCCCN=C(N)NC(=O)c3nc(Cl)c(N)nc3N)cc2)ccc1O.O=S=O. The molecule has 0 aliphatic heterocycles. The van der Waals surface area contributed by atoms with Gasteiger partial charge < -0.3 is 27.4 Å². The van der Waals surface area contributed by atoms with Crippen LogP contribution in [0, 0.1) is 5.92 Å². The number of hydrogen-bond acceptors (Lipinski definition) is 10. The number of aromatic hydroxyl groups is 1. The van der Waals surface area contributed by atoms with Gasteiger partial charge in [0, 0.05) is 6.54 Å². The standard InChI is InChI=1S/C32H44ClN7O3.O2S/c1-3-23-19-24(15-17-25(23)41)26(42)16-10-20(2)7-6-9-22-13-11-21(12-14-22)8-4-5-18-37-32(36)40-31(43)27-29(34)39-30(35)28(33)38-27;1-3-2/h11-15,17,19-20,26,41-42H,3-10,16,18H2,1-2H3,(H4,34,35,39)(H3,36,37,40,43);/t20?,26-;/m0./s1. The molecule has 1 amide bonds. The Bertz CT molecular complexity index is 1480. The summed E-state index contributed by atoms with van der Waals surface area (Å²) in [5, 5.41) is 22.8. The van der Waals surface area contributed by atoms with Crippen LogP contribution in [0.15, 0.2) is 47.5 Å². The van der Waals surface area contributed by atoms with Crippen LogP contribution >= 0.6 is 11.6 Å². The van der Waals surface area contributed by atoms with E-state index in [9.17, 15) is 15.0 Å². The van der Waals surface area contributed by atoms with Gasteiger partial charge in [-0.3, -0.25) is 15.1 Å². The van der Waals surface area contributed by atoms with Crippen molar-refractivity contribution in [3.8, 4) is 5.75 Å². The van der Waals surface area contributed by atoms with Gasteiger partial charge in [-0.05, 0) is 91.7 Å². The number of carbonyl (C=O) groups is 1. The number of hydrogen-bond donors (Lipinski definition) is 6. The van der Waals surface area contributed by atoms with Crippen molar-refractivity contribution in [1.82, 2.24) is 15.3 Å². The second kappa shape index (κ2) is 20.1. The molecule has 14 heteroatoms. The number of anilines is 2. The molecule has 0 bridgehead atoms. The third kappa shape index (κ3) is 13.1. The number of phenolic OH excluding ortho intramolecular Hbond substituents is 1. The topological polar surface area (TPSA) is 220 Å². The van der Waals surface area contributed by atoms with E-state index in [2.05, 4.69) is 51.5 Å². The van der Waals surface area contributed by atoms with Crippen molar-refractivity contribution in [2.24, 2.45) is 16.6 Å². The number of nitrogens with zero attached hydrogens (tertiary/aromatic N) is 3. The van der Waals surface area contributed by atoms with E-state index in [0.717, 1.165) is 68.9 Å². The molecule has 3 aromatic rings. The number of carbonyl (C=O) groups excluding carboxylic acids is 1. The van der Waals surface area contributed by atoms with Crippen molar-refractivity contribution in [2.45, 2.75) is 77.7 Å². The Morgan fingerprint density at radius 2 is 1.61 bits per heavy atom. The molecule has 250 valence electrons. The molecule has 0 aliphatic carbocycles. The smallest absolute Gasteiger partial charge is 0.335 e. The minimum atomic E-state index is -0.750. The average molecular weight is 674 g/mol. The molecule has 46 heavy (non-hydrogen) atoms. The zero-order chi connectivity index (χ0) is 34.1. The van der Waals surface area contributed by atoms with Crippen LogP contribution in [0.4, 0.5) is 11.6 Å². The van der Waals surface area contributed by atoms with Crippen molar-refractivity contribution >= 4 is 46.7 Å². The van der Waals surface area contributed by atoms with Gasteiger partial charge in [0.2, 0.25) is 0 Å². The fourth-order valence-corrected chi connectivity index (χ4v) is 4.97. The summed E-state index contributed by atoms with van der Waals surface area (Å²) >= 11 is 5.07. The van der Waals surface area contributed by atoms with Gasteiger partial charge in [-0.15, -0.1) is 0 Å². The normalized spacial score (nSPS) is 12.5. The first kappa shape index (κ1) is 38.1. The predicted molar refractivity (Wildman–Crippen MR) is 182 cm³/mol. The molecule has 0 aliphatic rings. The lowest BCUT2D eigenvalue weighted by atomic mass is 9.93. The zero-order valence-corrected chi connectivity index (χ0v) is 27.8. The lowest BCUT2D eigenvalue weighted by molar-refractivity contribution is 0.0972. The molecule has 9 N–H and O–H groups in total. The molecule has 1 heterocycles. The fraction of sp³-hybridized carbons (Fsp3) is 0.438. The second-order valence-electron chi connectivity index (χ2n) is 11.0. The second-order valence-corrected chi connectivity index (χ2v) is 11.5. The summed E-state index contributed by atoms with van der Waals surface area (Å²) in [6.07, 6.45) is 7.86. The number of rotatable bonds is 15. The molecule has 0 spiro atoms. The van der Waals surface area contributed by atoms with Gasteiger partial charge in [-0.2, -0.15) is 8.42 Å². The molecule has 0 saturated carbocycles. The van der Waals surface area contributed by atoms with E-state index < -0.39 is 23.6 Å². The summed E-state index contributed by atoms with van der Waals surface area (Å²) in [6, 6.07) is 14.2. The molecule has 0 fully saturated rings. The number of guanidine groups is 1. The molecule has 1 unspecified atom stereocenters. The highest BCUT2D eigenvalue weighted by molar-refractivity contribution is 7.51. The largest absolute Gasteiger partial charge is 0.508 e. The third-order valence-corrected chi connectivity index (χ3v) is 7.78. The van der Waals surface area contributed by atoms with Crippen LogP contribution in [0.1, 0.15) is 91.2 Å². The van der Waals surface area contributed by atoms with Crippen molar-refractivity contribution in [2.75, 3.05) is 18.0 Å². The molecular formula is C32H44ClN7O5S. The van der Waals surface area contributed by atoms with E-state index in [0.29, 0.717) is 18.2 Å². The number of nitrogen functional groups attached to an aromatic ring is 2.